The molecular formula is C15H16N2O6. The summed E-state index contributed by atoms with van der Waals surface area (Å²) in [5, 5.41) is 0. The highest BCUT2D eigenvalue weighted by Gasteiger charge is 2.45. The molecule has 3 rings (SSSR count). The minimum atomic E-state index is -0.937. The predicted octanol–water partition coefficient (Wildman–Crippen LogP) is -0.643. The summed E-state index contributed by atoms with van der Waals surface area (Å²) >= 11 is 0. The lowest BCUT2D eigenvalue weighted by molar-refractivity contribution is -0.155. The average Bonchev–Trinajstić information content (AvgIpc) is 3.05. The Morgan fingerprint density at radius 2 is 1.09 bits per heavy atom. The molecule has 0 radical (unpaired) electrons. The minimum absolute atomic E-state index is 0.00239. The minimum Gasteiger partial charge on any atom is -0.343 e. The molecule has 3 aliphatic rings. The first-order valence-electron chi connectivity index (χ1n) is 7.19. The predicted molar refractivity (Wildman–Crippen MR) is 75.5 cm³/mol. The van der Waals surface area contributed by atoms with Crippen LogP contribution in [-0.4, -0.2) is 64.5 Å². The van der Waals surface area contributed by atoms with Gasteiger partial charge < -0.3 is 9.47 Å². The Morgan fingerprint density at radius 1 is 0.783 bits per heavy atom. The van der Waals surface area contributed by atoms with Gasteiger partial charge in [-0.2, -0.15) is 0 Å². The van der Waals surface area contributed by atoms with Gasteiger partial charge in [-0.3, -0.25) is 29.0 Å². The first-order chi connectivity index (χ1) is 10.8. The third kappa shape index (κ3) is 2.95. The van der Waals surface area contributed by atoms with Gasteiger partial charge in [0.25, 0.3) is 23.6 Å². The Kier molecular flexibility index (Phi) is 3.65. The smallest absolute Gasteiger partial charge is 0.253 e. The summed E-state index contributed by atoms with van der Waals surface area (Å²) in [5.41, 5.74) is 0. The summed E-state index contributed by atoms with van der Waals surface area (Å²) in [6.07, 6.45) is 3.51. The maximum absolute atomic E-state index is 11.7. The summed E-state index contributed by atoms with van der Waals surface area (Å²) < 4.78 is 11.5. The fourth-order valence-electron chi connectivity index (χ4n) is 2.80. The second kappa shape index (κ2) is 5.39. The van der Waals surface area contributed by atoms with Crippen molar-refractivity contribution in [2.45, 2.75) is 31.8 Å². The van der Waals surface area contributed by atoms with Gasteiger partial charge in [0, 0.05) is 24.3 Å². The monoisotopic (exact) mass is 320 g/mol. The normalized spacial score (nSPS) is 29.5. The van der Waals surface area contributed by atoms with Gasteiger partial charge in [-0.15, -0.1) is 0 Å². The van der Waals surface area contributed by atoms with Crippen molar-refractivity contribution >= 4 is 23.6 Å². The number of hydrogen-bond acceptors (Lipinski definition) is 6. The van der Waals surface area contributed by atoms with Gasteiger partial charge in [0.2, 0.25) is 0 Å². The maximum Gasteiger partial charge on any atom is 0.253 e. The molecule has 0 aromatic heterocycles. The molecule has 0 unspecified atom stereocenters. The maximum atomic E-state index is 11.7. The average molecular weight is 320 g/mol. The van der Waals surface area contributed by atoms with Crippen LogP contribution in [0.4, 0.5) is 0 Å². The summed E-state index contributed by atoms with van der Waals surface area (Å²) in [5.74, 6) is -2.61. The Hall–Kier alpha value is -2.32. The standard InChI is InChI=1S/C15H16N2O6/c1-15(2)22-9(7-16-11(18)3-4-12(16)19)10(23-15)8-17-13(20)5-6-14(17)21/h3-6,9-10H,7-8H2,1-2H3/t9-,10-/m1/s1. The van der Waals surface area contributed by atoms with Crippen LogP contribution in [-0.2, 0) is 28.7 Å². The van der Waals surface area contributed by atoms with Crippen LogP contribution in [0.1, 0.15) is 13.8 Å². The number of rotatable bonds is 4. The van der Waals surface area contributed by atoms with Crippen molar-refractivity contribution in [2.24, 2.45) is 0 Å². The summed E-state index contributed by atoms with van der Waals surface area (Å²) in [6, 6.07) is 0. The number of amides is 4. The Labute approximate surface area is 132 Å². The number of carbonyl (C=O) groups excluding carboxylic acids is 4. The fourth-order valence-corrected chi connectivity index (χ4v) is 2.80. The van der Waals surface area contributed by atoms with Crippen LogP contribution in [0.2, 0.25) is 0 Å². The molecule has 0 aromatic carbocycles. The van der Waals surface area contributed by atoms with E-state index in [1.54, 1.807) is 13.8 Å². The first-order valence-corrected chi connectivity index (χ1v) is 7.19. The topological polar surface area (TPSA) is 93.2 Å². The van der Waals surface area contributed by atoms with Gasteiger partial charge in [0.1, 0.15) is 12.2 Å². The molecule has 0 aromatic rings. The van der Waals surface area contributed by atoms with E-state index in [9.17, 15) is 19.2 Å². The van der Waals surface area contributed by atoms with E-state index >= 15 is 0 Å². The van der Waals surface area contributed by atoms with Crippen molar-refractivity contribution < 1.29 is 28.7 Å². The van der Waals surface area contributed by atoms with E-state index in [-0.39, 0.29) is 13.1 Å². The van der Waals surface area contributed by atoms with Gasteiger partial charge in [-0.1, -0.05) is 0 Å². The zero-order chi connectivity index (χ0) is 16.8. The van der Waals surface area contributed by atoms with Gasteiger partial charge in [0.15, 0.2) is 5.79 Å². The largest absolute Gasteiger partial charge is 0.343 e. The van der Waals surface area contributed by atoms with E-state index in [1.807, 2.05) is 0 Å². The van der Waals surface area contributed by atoms with Crippen molar-refractivity contribution in [1.82, 2.24) is 9.80 Å². The lowest BCUT2D eigenvalue weighted by Gasteiger charge is -2.24. The second-order valence-corrected chi connectivity index (χ2v) is 5.95. The lowest BCUT2D eigenvalue weighted by atomic mass is 10.2. The van der Waals surface area contributed by atoms with Crippen molar-refractivity contribution in [3.63, 3.8) is 0 Å². The molecular weight excluding hydrogens is 304 g/mol. The Balaban J connectivity index is 1.72. The molecule has 23 heavy (non-hydrogen) atoms. The molecule has 122 valence electrons. The molecule has 0 N–H and O–H groups in total. The molecule has 4 amide bonds. The number of carbonyl (C=O) groups is 4. The van der Waals surface area contributed by atoms with E-state index in [0.29, 0.717) is 0 Å². The molecule has 3 heterocycles. The van der Waals surface area contributed by atoms with Gasteiger partial charge in [0.05, 0.1) is 13.1 Å². The number of nitrogens with zero attached hydrogens (tertiary/aromatic N) is 2. The lowest BCUT2D eigenvalue weighted by Crippen LogP contribution is -2.46. The molecule has 8 nitrogen and oxygen atoms in total. The van der Waals surface area contributed by atoms with Crippen LogP contribution in [0.15, 0.2) is 24.3 Å². The summed E-state index contributed by atoms with van der Waals surface area (Å²) in [4.78, 5) is 48.8. The number of ether oxygens (including phenoxy) is 2. The SMILES string of the molecule is CC1(C)O[C@H](CN2C(=O)C=CC2=O)[C@@H](CN2C(=O)C=CC2=O)O1. The van der Waals surface area contributed by atoms with E-state index in [0.717, 1.165) is 9.80 Å². The summed E-state index contributed by atoms with van der Waals surface area (Å²) in [6.45, 7) is 3.39. The first kappa shape index (κ1) is 15.6. The quantitative estimate of drug-likeness (QED) is 0.640. The Morgan fingerprint density at radius 3 is 1.39 bits per heavy atom. The third-order valence-electron chi connectivity index (χ3n) is 3.81. The van der Waals surface area contributed by atoms with Gasteiger partial charge in [-0.05, 0) is 13.8 Å². The van der Waals surface area contributed by atoms with Crippen molar-refractivity contribution in [3.8, 4) is 0 Å². The fraction of sp³-hybridized carbons (Fsp3) is 0.467. The third-order valence-corrected chi connectivity index (χ3v) is 3.81. The van der Waals surface area contributed by atoms with Crippen molar-refractivity contribution in [2.75, 3.05) is 13.1 Å². The molecule has 2 atom stereocenters. The molecule has 3 aliphatic heterocycles. The van der Waals surface area contributed by atoms with E-state index in [4.69, 9.17) is 9.47 Å². The van der Waals surface area contributed by atoms with Crippen LogP contribution in [0.3, 0.4) is 0 Å². The van der Waals surface area contributed by atoms with Crippen LogP contribution in [0.5, 0.6) is 0 Å². The second-order valence-electron chi connectivity index (χ2n) is 5.95. The molecule has 0 spiro atoms. The molecule has 8 heteroatoms. The highest BCUT2D eigenvalue weighted by Crippen LogP contribution is 2.30. The van der Waals surface area contributed by atoms with Crippen molar-refractivity contribution in [3.05, 3.63) is 24.3 Å². The molecule has 1 saturated heterocycles. The van der Waals surface area contributed by atoms with Crippen LogP contribution in [0.25, 0.3) is 0 Å². The van der Waals surface area contributed by atoms with Crippen molar-refractivity contribution in [1.29, 1.82) is 0 Å². The van der Waals surface area contributed by atoms with Gasteiger partial charge in [-0.25, -0.2) is 0 Å². The van der Waals surface area contributed by atoms with Crippen LogP contribution in [0, 0.1) is 0 Å². The van der Waals surface area contributed by atoms with Crippen LogP contribution >= 0.6 is 0 Å². The van der Waals surface area contributed by atoms with E-state index in [1.165, 1.54) is 24.3 Å². The highest BCUT2D eigenvalue weighted by atomic mass is 16.8. The summed E-state index contributed by atoms with van der Waals surface area (Å²) in [7, 11) is 0. The van der Waals surface area contributed by atoms with E-state index in [2.05, 4.69) is 0 Å². The highest BCUT2D eigenvalue weighted by molar-refractivity contribution is 6.13. The molecule has 1 fully saturated rings. The Bertz CT molecular complexity index is 560. The molecule has 0 bridgehead atoms. The molecule has 0 aliphatic carbocycles. The zero-order valence-corrected chi connectivity index (χ0v) is 12.7. The van der Waals surface area contributed by atoms with E-state index < -0.39 is 41.6 Å². The zero-order valence-electron chi connectivity index (χ0n) is 12.7. The van der Waals surface area contributed by atoms with Gasteiger partial charge >= 0.3 is 0 Å². The molecule has 0 saturated carbocycles. The number of hydrogen-bond donors (Lipinski definition) is 0. The number of imide groups is 2. The van der Waals surface area contributed by atoms with Crippen LogP contribution < -0.4 is 0 Å².